The van der Waals surface area contributed by atoms with E-state index in [1.165, 1.54) is 24.8 Å². The molecule has 0 unspecified atom stereocenters. The van der Waals surface area contributed by atoms with Gasteiger partial charge < -0.3 is 9.90 Å². The van der Waals surface area contributed by atoms with E-state index in [-0.39, 0.29) is 0 Å². The molecule has 0 amide bonds. The Balaban J connectivity index is 0.000000487. The van der Waals surface area contributed by atoms with Crippen LogP contribution in [0.15, 0.2) is 24.5 Å². The van der Waals surface area contributed by atoms with E-state index in [1.54, 1.807) is 0 Å². The average molecular weight is 223 g/mol. The molecule has 90 valence electrons. The first-order valence-corrected chi connectivity index (χ1v) is 5.75. The molecular weight excluding hydrogens is 202 g/mol. The number of hydrogen-bond acceptors (Lipinski definition) is 2. The lowest BCUT2D eigenvalue weighted by Crippen LogP contribution is -2.32. The normalized spacial score (nSPS) is 9.19. The SMILES string of the molecule is CC(=O)[O-].CCCc1ccc[n+](CCC)c1. The van der Waals surface area contributed by atoms with E-state index in [9.17, 15) is 0 Å². The van der Waals surface area contributed by atoms with Crippen LogP contribution in [0, 0.1) is 0 Å². The van der Waals surface area contributed by atoms with E-state index in [0.29, 0.717) is 0 Å². The quantitative estimate of drug-likeness (QED) is 0.717. The molecule has 1 aromatic heterocycles. The topological polar surface area (TPSA) is 44.0 Å². The lowest BCUT2D eigenvalue weighted by Gasteiger charge is -1.97. The van der Waals surface area contributed by atoms with Crippen molar-refractivity contribution in [2.24, 2.45) is 0 Å². The van der Waals surface area contributed by atoms with Gasteiger partial charge in [0.2, 0.25) is 0 Å². The zero-order valence-electron chi connectivity index (χ0n) is 10.4. The van der Waals surface area contributed by atoms with Crippen LogP contribution in [0.4, 0.5) is 0 Å². The maximum atomic E-state index is 8.89. The number of nitrogens with zero attached hydrogens (tertiary/aromatic N) is 1. The standard InChI is InChI=1S/C11H18N.C2H4O2/c1-3-6-11-7-5-9-12(10-11)8-4-2;1-2(3)4/h5,7,9-10H,3-4,6,8H2,1-2H3;1H3,(H,3,4)/q+1;/p-1. The second kappa shape index (κ2) is 8.89. The molecule has 3 heteroatoms. The summed E-state index contributed by atoms with van der Waals surface area (Å²) in [7, 11) is 0. The summed E-state index contributed by atoms with van der Waals surface area (Å²) >= 11 is 0. The lowest BCUT2D eigenvalue weighted by atomic mass is 10.2. The number of aromatic nitrogens is 1. The van der Waals surface area contributed by atoms with Crippen LogP contribution in [0.3, 0.4) is 0 Å². The first kappa shape index (κ1) is 14.6. The second-order valence-electron chi connectivity index (χ2n) is 3.69. The smallest absolute Gasteiger partial charge is 0.171 e. The highest BCUT2D eigenvalue weighted by Gasteiger charge is 1.99. The summed E-state index contributed by atoms with van der Waals surface area (Å²) in [5.74, 6) is -1.08. The molecule has 0 N–H and O–H groups in total. The second-order valence-corrected chi connectivity index (χ2v) is 3.69. The van der Waals surface area contributed by atoms with E-state index < -0.39 is 5.97 Å². The van der Waals surface area contributed by atoms with Crippen LogP contribution in [0.2, 0.25) is 0 Å². The number of carboxylic acid groups (broad SMARTS) is 1. The van der Waals surface area contributed by atoms with Crippen molar-refractivity contribution in [3.05, 3.63) is 30.1 Å². The van der Waals surface area contributed by atoms with Crippen LogP contribution in [-0.2, 0) is 17.8 Å². The first-order valence-electron chi connectivity index (χ1n) is 5.75. The highest BCUT2D eigenvalue weighted by molar-refractivity contribution is 5.60. The molecular formula is C13H21NO2. The third-order valence-electron chi connectivity index (χ3n) is 1.94. The Morgan fingerprint density at radius 3 is 2.50 bits per heavy atom. The van der Waals surface area contributed by atoms with Gasteiger partial charge in [-0.15, -0.1) is 0 Å². The van der Waals surface area contributed by atoms with Crippen LogP contribution in [0.5, 0.6) is 0 Å². The molecule has 0 radical (unpaired) electrons. The van der Waals surface area contributed by atoms with Gasteiger partial charge in [-0.2, -0.15) is 0 Å². The van der Waals surface area contributed by atoms with Gasteiger partial charge in [0.1, 0.15) is 6.54 Å². The van der Waals surface area contributed by atoms with E-state index in [2.05, 4.69) is 42.9 Å². The Morgan fingerprint density at radius 1 is 1.38 bits per heavy atom. The fourth-order valence-electron chi connectivity index (χ4n) is 1.41. The average Bonchev–Trinajstić information content (AvgIpc) is 2.18. The van der Waals surface area contributed by atoms with Gasteiger partial charge >= 0.3 is 0 Å². The molecule has 0 aliphatic carbocycles. The van der Waals surface area contributed by atoms with E-state index in [4.69, 9.17) is 9.90 Å². The highest BCUT2D eigenvalue weighted by atomic mass is 16.4. The van der Waals surface area contributed by atoms with Crippen molar-refractivity contribution in [3.63, 3.8) is 0 Å². The van der Waals surface area contributed by atoms with Crippen LogP contribution < -0.4 is 9.67 Å². The lowest BCUT2D eigenvalue weighted by molar-refractivity contribution is -0.697. The maximum Gasteiger partial charge on any atom is 0.171 e. The molecule has 16 heavy (non-hydrogen) atoms. The maximum absolute atomic E-state index is 8.89. The highest BCUT2D eigenvalue weighted by Crippen LogP contribution is 1.98. The van der Waals surface area contributed by atoms with Crippen molar-refractivity contribution in [1.82, 2.24) is 0 Å². The van der Waals surface area contributed by atoms with Gasteiger partial charge in [-0.05, 0) is 19.4 Å². The minimum absolute atomic E-state index is 0.972. The summed E-state index contributed by atoms with van der Waals surface area (Å²) in [5.41, 5.74) is 1.45. The number of hydrogen-bond donors (Lipinski definition) is 0. The summed E-state index contributed by atoms with van der Waals surface area (Å²) in [5, 5.41) is 8.89. The third-order valence-corrected chi connectivity index (χ3v) is 1.94. The molecule has 0 saturated carbocycles. The van der Waals surface area contributed by atoms with Crippen molar-refractivity contribution < 1.29 is 14.5 Å². The van der Waals surface area contributed by atoms with Crippen LogP contribution in [0.25, 0.3) is 0 Å². The van der Waals surface area contributed by atoms with Crippen LogP contribution in [0.1, 0.15) is 39.2 Å². The summed E-state index contributed by atoms with van der Waals surface area (Å²) in [6.07, 6.45) is 8.04. The molecule has 0 aliphatic rings. The molecule has 0 aliphatic heterocycles. The number of pyridine rings is 1. The van der Waals surface area contributed by atoms with E-state index in [1.807, 2.05) is 0 Å². The Bertz CT molecular complexity index is 285. The predicted molar refractivity (Wildman–Crippen MR) is 61.6 cm³/mol. The molecule has 1 heterocycles. The Morgan fingerprint density at radius 2 is 2.00 bits per heavy atom. The molecule has 1 aromatic rings. The van der Waals surface area contributed by atoms with Gasteiger partial charge in [-0.3, -0.25) is 0 Å². The number of aryl methyl sites for hydroxylation is 2. The van der Waals surface area contributed by atoms with E-state index >= 15 is 0 Å². The Hall–Kier alpha value is -1.38. The molecule has 0 saturated heterocycles. The Kier molecular flexibility index (Phi) is 8.12. The minimum atomic E-state index is -1.08. The summed E-state index contributed by atoms with van der Waals surface area (Å²) in [4.78, 5) is 8.89. The van der Waals surface area contributed by atoms with Crippen molar-refractivity contribution >= 4 is 5.97 Å². The molecule has 0 spiro atoms. The van der Waals surface area contributed by atoms with Crippen molar-refractivity contribution in [3.8, 4) is 0 Å². The van der Waals surface area contributed by atoms with Gasteiger partial charge in [0.25, 0.3) is 0 Å². The number of carbonyl (C=O) groups excluding carboxylic acids is 1. The largest absolute Gasteiger partial charge is 0.550 e. The van der Waals surface area contributed by atoms with Gasteiger partial charge in [0.05, 0.1) is 0 Å². The van der Waals surface area contributed by atoms with Crippen molar-refractivity contribution in [2.75, 3.05) is 0 Å². The van der Waals surface area contributed by atoms with E-state index in [0.717, 1.165) is 13.5 Å². The number of rotatable bonds is 4. The predicted octanol–water partition coefficient (Wildman–Crippen LogP) is 1.09. The van der Waals surface area contributed by atoms with Gasteiger partial charge in [-0.1, -0.05) is 20.3 Å². The molecule has 3 nitrogen and oxygen atoms in total. The van der Waals surface area contributed by atoms with Crippen molar-refractivity contribution in [2.45, 2.75) is 46.6 Å². The number of aliphatic carboxylic acids is 1. The minimum Gasteiger partial charge on any atom is -0.550 e. The summed E-state index contributed by atoms with van der Waals surface area (Å²) in [6.45, 7) is 6.54. The Labute approximate surface area is 97.7 Å². The zero-order chi connectivity index (χ0) is 12.4. The van der Waals surface area contributed by atoms with Crippen LogP contribution in [-0.4, -0.2) is 5.97 Å². The van der Waals surface area contributed by atoms with Gasteiger partial charge in [0.15, 0.2) is 12.4 Å². The molecule has 1 rings (SSSR count). The summed E-state index contributed by atoms with van der Waals surface area (Å²) in [6, 6.07) is 4.34. The van der Waals surface area contributed by atoms with Crippen LogP contribution >= 0.6 is 0 Å². The molecule has 0 bridgehead atoms. The first-order chi connectivity index (χ1) is 7.60. The number of carboxylic acids is 1. The van der Waals surface area contributed by atoms with Gasteiger partial charge in [-0.25, -0.2) is 4.57 Å². The molecule has 0 aromatic carbocycles. The monoisotopic (exact) mass is 223 g/mol. The fraction of sp³-hybridized carbons (Fsp3) is 0.538. The van der Waals surface area contributed by atoms with Crippen molar-refractivity contribution in [1.29, 1.82) is 0 Å². The zero-order valence-corrected chi connectivity index (χ0v) is 10.4. The van der Waals surface area contributed by atoms with Gasteiger partial charge in [0, 0.05) is 24.0 Å². The molecule has 0 atom stereocenters. The third kappa shape index (κ3) is 7.97. The fourth-order valence-corrected chi connectivity index (χ4v) is 1.41. The summed E-state index contributed by atoms with van der Waals surface area (Å²) < 4.78 is 2.27. The number of carbonyl (C=O) groups is 1. The molecule has 0 fully saturated rings.